The Morgan fingerprint density at radius 2 is 1.67 bits per heavy atom. The summed E-state index contributed by atoms with van der Waals surface area (Å²) in [6, 6.07) is 10.5. The number of benzene rings is 2. The number of nitrogens with one attached hydrogen (secondary N) is 3. The van der Waals surface area contributed by atoms with Crippen molar-refractivity contribution in [2.75, 3.05) is 5.32 Å². The van der Waals surface area contributed by atoms with Gasteiger partial charge in [0.05, 0.1) is 0 Å². The Labute approximate surface area is 189 Å². The number of halogens is 2. The molecule has 0 aliphatic rings. The molecule has 0 aliphatic carbocycles. The van der Waals surface area contributed by atoms with Gasteiger partial charge < -0.3 is 5.32 Å². The molecule has 2 rings (SSSR count). The predicted octanol–water partition coefficient (Wildman–Crippen LogP) is 4.89. The molecule has 0 radical (unpaired) electrons. The van der Waals surface area contributed by atoms with Gasteiger partial charge in [0.25, 0.3) is 5.91 Å². The van der Waals surface area contributed by atoms with Crippen molar-refractivity contribution >= 4 is 50.9 Å². The Balaban J connectivity index is 1.83. The molecule has 3 amide bonds. The topological polar surface area (TPSA) is 87.3 Å². The van der Waals surface area contributed by atoms with E-state index < -0.39 is 11.8 Å². The average molecular weight is 495 g/mol. The van der Waals surface area contributed by atoms with Gasteiger partial charge in [-0.3, -0.25) is 25.2 Å². The van der Waals surface area contributed by atoms with Crippen LogP contribution in [-0.4, -0.2) is 17.7 Å². The zero-order valence-electron chi connectivity index (χ0n) is 17.4. The van der Waals surface area contributed by atoms with Gasteiger partial charge in [-0.05, 0) is 47.7 Å². The van der Waals surface area contributed by atoms with Crippen LogP contribution in [0.4, 0.5) is 5.69 Å². The van der Waals surface area contributed by atoms with Gasteiger partial charge in [0, 0.05) is 33.6 Å². The number of carbonyl (C=O) groups excluding carboxylic acids is 3. The Morgan fingerprint density at radius 3 is 2.30 bits per heavy atom. The second kappa shape index (κ2) is 10.1. The van der Waals surface area contributed by atoms with Crippen molar-refractivity contribution in [3.63, 3.8) is 0 Å². The second-order valence-corrected chi connectivity index (χ2v) is 9.17. The molecule has 0 saturated heterocycles. The molecular formula is C22H25BrClN3O3. The largest absolute Gasteiger partial charge is 0.326 e. The summed E-state index contributed by atoms with van der Waals surface area (Å²) in [5.41, 5.74) is 7.47. The van der Waals surface area contributed by atoms with Crippen LogP contribution in [0.1, 0.15) is 55.1 Å². The number of carbonyl (C=O) groups is 3. The summed E-state index contributed by atoms with van der Waals surface area (Å²) in [4.78, 5) is 36.3. The van der Waals surface area contributed by atoms with E-state index in [9.17, 15) is 14.4 Å². The Kier molecular flexibility index (Phi) is 8.03. The van der Waals surface area contributed by atoms with E-state index in [1.165, 1.54) is 0 Å². The molecule has 0 saturated carbocycles. The number of amides is 3. The summed E-state index contributed by atoms with van der Waals surface area (Å²) in [7, 11) is 0. The Morgan fingerprint density at radius 1 is 1.00 bits per heavy atom. The van der Waals surface area contributed by atoms with Crippen LogP contribution in [0.5, 0.6) is 0 Å². The quantitative estimate of drug-likeness (QED) is 0.517. The minimum absolute atomic E-state index is 0.0283. The van der Waals surface area contributed by atoms with E-state index in [-0.39, 0.29) is 24.2 Å². The molecule has 0 aliphatic heterocycles. The molecule has 2 aromatic rings. The van der Waals surface area contributed by atoms with Crippen molar-refractivity contribution in [2.45, 2.75) is 46.0 Å². The lowest BCUT2D eigenvalue weighted by molar-refractivity contribution is -0.124. The summed E-state index contributed by atoms with van der Waals surface area (Å²) < 4.78 is 0.821. The Bertz CT molecular complexity index is 971. The van der Waals surface area contributed by atoms with Crippen molar-refractivity contribution in [1.29, 1.82) is 0 Å². The molecule has 160 valence electrons. The molecule has 3 N–H and O–H groups in total. The molecule has 30 heavy (non-hydrogen) atoms. The highest BCUT2D eigenvalue weighted by atomic mass is 79.9. The average Bonchev–Trinajstić information content (AvgIpc) is 2.67. The van der Waals surface area contributed by atoms with Crippen LogP contribution in [0.15, 0.2) is 40.9 Å². The van der Waals surface area contributed by atoms with E-state index in [4.69, 9.17) is 11.6 Å². The van der Waals surface area contributed by atoms with E-state index in [0.29, 0.717) is 16.3 Å². The van der Waals surface area contributed by atoms with E-state index in [1.54, 1.807) is 37.3 Å². The van der Waals surface area contributed by atoms with Crippen LogP contribution in [0.3, 0.4) is 0 Å². The SMILES string of the molecule is Cc1c(Cl)cccc1NC(=O)CCC(=O)NNC(=O)c1ccc(C(C)(C)C)c(Br)c1. The number of hydrogen-bond donors (Lipinski definition) is 3. The number of anilines is 1. The molecule has 0 bridgehead atoms. The van der Waals surface area contributed by atoms with E-state index in [1.807, 2.05) is 6.07 Å². The van der Waals surface area contributed by atoms with Crippen LogP contribution in [-0.2, 0) is 15.0 Å². The molecule has 0 aromatic heterocycles. The third-order valence-electron chi connectivity index (χ3n) is 4.48. The number of rotatable bonds is 5. The van der Waals surface area contributed by atoms with Crippen LogP contribution in [0, 0.1) is 6.92 Å². The number of hydrazine groups is 1. The summed E-state index contributed by atoms with van der Waals surface area (Å²) in [5.74, 6) is -1.22. The van der Waals surface area contributed by atoms with Crippen molar-refractivity contribution in [3.05, 3.63) is 62.6 Å². The van der Waals surface area contributed by atoms with Gasteiger partial charge in [-0.15, -0.1) is 0 Å². The third-order valence-corrected chi connectivity index (χ3v) is 5.54. The first-order valence-electron chi connectivity index (χ1n) is 9.43. The van der Waals surface area contributed by atoms with E-state index >= 15 is 0 Å². The molecule has 0 fully saturated rings. The van der Waals surface area contributed by atoms with Gasteiger partial charge in [-0.25, -0.2) is 0 Å². The molecule has 2 aromatic carbocycles. The van der Waals surface area contributed by atoms with Gasteiger partial charge in [0.1, 0.15) is 0 Å². The van der Waals surface area contributed by atoms with Gasteiger partial charge >= 0.3 is 0 Å². The lowest BCUT2D eigenvalue weighted by Gasteiger charge is -2.21. The van der Waals surface area contributed by atoms with E-state index in [2.05, 4.69) is 52.9 Å². The fourth-order valence-corrected chi connectivity index (χ4v) is 3.86. The van der Waals surface area contributed by atoms with Crippen LogP contribution in [0.25, 0.3) is 0 Å². The molecule has 0 unspecified atom stereocenters. The fraction of sp³-hybridized carbons (Fsp3) is 0.318. The lowest BCUT2D eigenvalue weighted by atomic mass is 9.86. The highest BCUT2D eigenvalue weighted by Crippen LogP contribution is 2.30. The Hall–Kier alpha value is -2.38. The molecule has 8 heteroatoms. The molecule has 6 nitrogen and oxygen atoms in total. The first-order chi connectivity index (χ1) is 14.0. The summed E-state index contributed by atoms with van der Waals surface area (Å²) >= 11 is 9.52. The minimum Gasteiger partial charge on any atom is -0.326 e. The summed E-state index contributed by atoms with van der Waals surface area (Å²) in [5, 5.41) is 3.28. The van der Waals surface area contributed by atoms with Gasteiger partial charge in [0.2, 0.25) is 11.8 Å². The highest BCUT2D eigenvalue weighted by molar-refractivity contribution is 9.10. The van der Waals surface area contributed by atoms with Gasteiger partial charge in [-0.2, -0.15) is 0 Å². The van der Waals surface area contributed by atoms with Gasteiger partial charge in [0.15, 0.2) is 0 Å². The maximum atomic E-state index is 12.3. The van der Waals surface area contributed by atoms with Crippen LogP contribution in [0.2, 0.25) is 5.02 Å². The van der Waals surface area contributed by atoms with Gasteiger partial charge in [-0.1, -0.05) is 60.4 Å². The standard InChI is InChI=1S/C22H25BrClN3O3/c1-13-17(24)6-5-7-18(13)25-19(28)10-11-20(29)26-27-21(30)14-8-9-15(16(23)12-14)22(2,3)4/h5-9,12H,10-11H2,1-4H3,(H,25,28)(H,26,29)(H,27,30). The fourth-order valence-electron chi connectivity index (χ4n) is 2.71. The lowest BCUT2D eigenvalue weighted by Crippen LogP contribution is -2.41. The number of hydrogen-bond acceptors (Lipinski definition) is 3. The normalized spacial score (nSPS) is 11.0. The first-order valence-corrected chi connectivity index (χ1v) is 10.6. The van der Waals surface area contributed by atoms with Crippen molar-refractivity contribution < 1.29 is 14.4 Å². The predicted molar refractivity (Wildman–Crippen MR) is 123 cm³/mol. The summed E-state index contributed by atoms with van der Waals surface area (Å²) in [6.07, 6.45) is -0.0993. The maximum absolute atomic E-state index is 12.3. The smallest absolute Gasteiger partial charge is 0.269 e. The van der Waals surface area contributed by atoms with Crippen LogP contribution < -0.4 is 16.2 Å². The summed E-state index contributed by atoms with van der Waals surface area (Å²) in [6.45, 7) is 8.04. The minimum atomic E-state index is -0.466. The molecule has 0 heterocycles. The molecule has 0 atom stereocenters. The maximum Gasteiger partial charge on any atom is 0.269 e. The second-order valence-electron chi connectivity index (χ2n) is 7.91. The zero-order chi connectivity index (χ0) is 22.5. The first kappa shape index (κ1) is 23.9. The highest BCUT2D eigenvalue weighted by Gasteiger charge is 2.18. The van der Waals surface area contributed by atoms with Crippen molar-refractivity contribution in [3.8, 4) is 0 Å². The monoisotopic (exact) mass is 493 g/mol. The van der Waals surface area contributed by atoms with Crippen LogP contribution >= 0.6 is 27.5 Å². The van der Waals surface area contributed by atoms with E-state index in [0.717, 1.165) is 15.6 Å². The zero-order valence-corrected chi connectivity index (χ0v) is 19.7. The molecular weight excluding hydrogens is 470 g/mol. The third kappa shape index (κ3) is 6.57. The van der Waals surface area contributed by atoms with Crippen molar-refractivity contribution in [1.82, 2.24) is 10.9 Å². The van der Waals surface area contributed by atoms with Crippen molar-refractivity contribution in [2.24, 2.45) is 0 Å². The molecule has 0 spiro atoms.